The van der Waals surface area contributed by atoms with Gasteiger partial charge in [-0.1, -0.05) is 56.0 Å². The Labute approximate surface area is 125 Å². The van der Waals surface area contributed by atoms with Gasteiger partial charge in [-0.25, -0.2) is 4.39 Å². The molecule has 0 amide bonds. The van der Waals surface area contributed by atoms with Crippen LogP contribution in [0, 0.1) is 11.2 Å². The molecular weight excluding hydrogens is 305 g/mol. The second-order valence-corrected chi connectivity index (χ2v) is 6.88. The van der Waals surface area contributed by atoms with E-state index in [1.54, 1.807) is 6.07 Å². The second-order valence-electron chi connectivity index (χ2n) is 5.96. The van der Waals surface area contributed by atoms with E-state index in [-0.39, 0.29) is 11.2 Å². The molecule has 0 unspecified atom stereocenters. The Morgan fingerprint density at radius 3 is 2.68 bits per heavy atom. The molecule has 0 fully saturated rings. The van der Waals surface area contributed by atoms with Crippen molar-refractivity contribution in [1.82, 2.24) is 5.32 Å². The van der Waals surface area contributed by atoms with Crippen molar-refractivity contribution in [2.45, 2.75) is 53.0 Å². The van der Waals surface area contributed by atoms with E-state index in [2.05, 4.69) is 42.0 Å². The highest BCUT2D eigenvalue weighted by molar-refractivity contribution is 9.10. The van der Waals surface area contributed by atoms with Crippen LogP contribution in [0.3, 0.4) is 0 Å². The van der Waals surface area contributed by atoms with Crippen LogP contribution in [0.1, 0.15) is 52.0 Å². The van der Waals surface area contributed by atoms with Gasteiger partial charge in [0.2, 0.25) is 0 Å². The molecule has 0 atom stereocenters. The summed E-state index contributed by atoms with van der Waals surface area (Å²) in [6, 6.07) is 5.08. The van der Waals surface area contributed by atoms with Crippen molar-refractivity contribution >= 4 is 15.9 Å². The lowest BCUT2D eigenvalue weighted by molar-refractivity contribution is 0.301. The minimum absolute atomic E-state index is 0.139. The van der Waals surface area contributed by atoms with Crippen LogP contribution in [-0.4, -0.2) is 6.54 Å². The molecule has 19 heavy (non-hydrogen) atoms. The molecule has 0 heterocycles. The quantitative estimate of drug-likeness (QED) is 0.639. The number of hydrogen-bond donors (Lipinski definition) is 1. The largest absolute Gasteiger partial charge is 0.312 e. The zero-order chi connectivity index (χ0) is 14.3. The summed E-state index contributed by atoms with van der Waals surface area (Å²) in [6.07, 6.45) is 5.04. The lowest BCUT2D eigenvalue weighted by Gasteiger charge is -2.25. The van der Waals surface area contributed by atoms with Crippen molar-refractivity contribution in [3.8, 4) is 0 Å². The third kappa shape index (κ3) is 6.53. The molecule has 0 saturated heterocycles. The summed E-state index contributed by atoms with van der Waals surface area (Å²) in [7, 11) is 0. The van der Waals surface area contributed by atoms with E-state index >= 15 is 0 Å². The van der Waals surface area contributed by atoms with Crippen molar-refractivity contribution in [2.75, 3.05) is 6.54 Å². The summed E-state index contributed by atoms with van der Waals surface area (Å²) in [5.74, 6) is -0.139. The van der Waals surface area contributed by atoms with Gasteiger partial charge < -0.3 is 5.32 Å². The number of rotatable bonds is 8. The molecule has 1 aromatic rings. The lowest BCUT2D eigenvalue weighted by atomic mass is 9.87. The van der Waals surface area contributed by atoms with Gasteiger partial charge in [0.05, 0.1) is 0 Å². The third-order valence-electron chi connectivity index (χ3n) is 3.38. The predicted octanol–water partition coefficient (Wildman–Crippen LogP) is 5.28. The van der Waals surface area contributed by atoms with Gasteiger partial charge >= 0.3 is 0 Å². The molecule has 1 aromatic carbocycles. The van der Waals surface area contributed by atoms with Gasteiger partial charge in [-0.15, -0.1) is 0 Å². The second kappa shape index (κ2) is 8.01. The Hall–Kier alpha value is -0.410. The van der Waals surface area contributed by atoms with Crippen molar-refractivity contribution in [1.29, 1.82) is 0 Å². The Kier molecular flexibility index (Phi) is 7.01. The molecule has 0 aromatic heterocycles. The Morgan fingerprint density at radius 2 is 2.00 bits per heavy atom. The first kappa shape index (κ1) is 16.6. The molecule has 0 radical (unpaired) electrons. The summed E-state index contributed by atoms with van der Waals surface area (Å²) < 4.78 is 14.5. The fourth-order valence-electron chi connectivity index (χ4n) is 2.16. The SMILES string of the molecule is CCCCCC(C)(C)CNCc1cc(Br)ccc1F. The van der Waals surface area contributed by atoms with Crippen LogP contribution < -0.4 is 5.32 Å². The predicted molar refractivity (Wildman–Crippen MR) is 83.7 cm³/mol. The first-order chi connectivity index (χ1) is 8.94. The molecular formula is C16H25BrFN. The monoisotopic (exact) mass is 329 g/mol. The molecule has 0 bridgehead atoms. The summed E-state index contributed by atoms with van der Waals surface area (Å²) in [5.41, 5.74) is 0.997. The molecule has 1 N–H and O–H groups in total. The van der Waals surface area contributed by atoms with E-state index in [0.717, 1.165) is 16.6 Å². The van der Waals surface area contributed by atoms with E-state index in [4.69, 9.17) is 0 Å². The Balaban J connectivity index is 2.38. The summed E-state index contributed by atoms with van der Waals surface area (Å²) in [6.45, 7) is 8.27. The molecule has 108 valence electrons. The highest BCUT2D eigenvalue weighted by atomic mass is 79.9. The number of benzene rings is 1. The molecule has 0 spiro atoms. The van der Waals surface area contributed by atoms with Gasteiger partial charge in [-0.3, -0.25) is 0 Å². The van der Waals surface area contributed by atoms with Crippen molar-refractivity contribution in [2.24, 2.45) is 5.41 Å². The standard InChI is InChI=1S/C16H25BrFN/c1-4-5-6-9-16(2,3)12-19-11-13-10-14(17)7-8-15(13)18/h7-8,10,19H,4-6,9,11-12H2,1-3H3. The van der Waals surface area contributed by atoms with E-state index in [1.807, 2.05) is 6.07 Å². The average Bonchev–Trinajstić information content (AvgIpc) is 2.33. The maximum Gasteiger partial charge on any atom is 0.127 e. The molecule has 0 aliphatic carbocycles. The first-order valence-corrected chi connectivity index (χ1v) is 7.88. The zero-order valence-corrected chi connectivity index (χ0v) is 13.8. The highest BCUT2D eigenvalue weighted by Gasteiger charge is 2.16. The average molecular weight is 330 g/mol. The van der Waals surface area contributed by atoms with Crippen molar-refractivity contribution in [3.05, 3.63) is 34.1 Å². The number of hydrogen-bond acceptors (Lipinski definition) is 1. The van der Waals surface area contributed by atoms with Crippen LogP contribution in [0.25, 0.3) is 0 Å². The number of nitrogens with one attached hydrogen (secondary N) is 1. The summed E-state index contributed by atoms with van der Waals surface area (Å²) >= 11 is 3.38. The maximum absolute atomic E-state index is 13.6. The zero-order valence-electron chi connectivity index (χ0n) is 12.2. The Morgan fingerprint density at radius 1 is 1.26 bits per heavy atom. The number of unbranched alkanes of at least 4 members (excludes halogenated alkanes) is 2. The fraction of sp³-hybridized carbons (Fsp3) is 0.625. The topological polar surface area (TPSA) is 12.0 Å². The maximum atomic E-state index is 13.6. The minimum atomic E-state index is -0.139. The lowest BCUT2D eigenvalue weighted by Crippen LogP contribution is -2.29. The van der Waals surface area contributed by atoms with Crippen LogP contribution >= 0.6 is 15.9 Å². The van der Waals surface area contributed by atoms with Crippen LogP contribution in [0.5, 0.6) is 0 Å². The van der Waals surface area contributed by atoms with Crippen LogP contribution in [0.2, 0.25) is 0 Å². The minimum Gasteiger partial charge on any atom is -0.312 e. The van der Waals surface area contributed by atoms with Crippen molar-refractivity contribution < 1.29 is 4.39 Å². The smallest absolute Gasteiger partial charge is 0.127 e. The van der Waals surface area contributed by atoms with Gasteiger partial charge in [0.25, 0.3) is 0 Å². The van der Waals surface area contributed by atoms with E-state index in [1.165, 1.54) is 31.7 Å². The molecule has 0 saturated carbocycles. The molecule has 3 heteroatoms. The molecule has 0 aliphatic rings. The van der Waals surface area contributed by atoms with Crippen molar-refractivity contribution in [3.63, 3.8) is 0 Å². The van der Waals surface area contributed by atoms with Gasteiger partial charge in [0.15, 0.2) is 0 Å². The highest BCUT2D eigenvalue weighted by Crippen LogP contribution is 2.23. The molecule has 1 nitrogen and oxygen atoms in total. The van der Waals surface area contributed by atoms with Crippen LogP contribution in [0.15, 0.2) is 22.7 Å². The van der Waals surface area contributed by atoms with Gasteiger partial charge in [-0.05, 0) is 30.0 Å². The molecule has 0 aliphatic heterocycles. The Bertz CT molecular complexity index is 390. The number of halogens is 2. The summed E-state index contributed by atoms with van der Waals surface area (Å²) in [4.78, 5) is 0. The third-order valence-corrected chi connectivity index (χ3v) is 3.88. The summed E-state index contributed by atoms with van der Waals surface area (Å²) in [5, 5.41) is 3.38. The van der Waals surface area contributed by atoms with Gasteiger partial charge in [-0.2, -0.15) is 0 Å². The van der Waals surface area contributed by atoms with E-state index in [9.17, 15) is 4.39 Å². The van der Waals surface area contributed by atoms with Gasteiger partial charge in [0.1, 0.15) is 5.82 Å². The normalized spacial score (nSPS) is 11.8. The van der Waals surface area contributed by atoms with Gasteiger partial charge in [0, 0.05) is 23.1 Å². The fourth-order valence-corrected chi connectivity index (χ4v) is 2.56. The van der Waals surface area contributed by atoms with E-state index < -0.39 is 0 Å². The molecule has 1 rings (SSSR count). The van der Waals surface area contributed by atoms with Crippen LogP contribution in [-0.2, 0) is 6.54 Å². The first-order valence-electron chi connectivity index (χ1n) is 7.09. The van der Waals surface area contributed by atoms with E-state index in [0.29, 0.717) is 6.54 Å². The van der Waals surface area contributed by atoms with Crippen LogP contribution in [0.4, 0.5) is 4.39 Å².